The fraction of sp³-hybridized carbons (Fsp3) is 1.00. The summed E-state index contributed by atoms with van der Waals surface area (Å²) in [5.74, 6) is 0. The van der Waals surface area contributed by atoms with Gasteiger partial charge >= 0.3 is 7.60 Å². The first kappa shape index (κ1) is 23.0. The van der Waals surface area contributed by atoms with Crippen molar-refractivity contribution in [2.24, 2.45) is 0 Å². The third-order valence-electron chi connectivity index (χ3n) is 4.50. The molecule has 1 aliphatic heterocycles. The van der Waals surface area contributed by atoms with Crippen LogP contribution in [-0.2, 0) is 18.6 Å². The van der Waals surface area contributed by atoms with E-state index in [0.717, 1.165) is 6.66 Å². The van der Waals surface area contributed by atoms with Crippen LogP contribution in [-0.4, -0.2) is 126 Å². The van der Waals surface area contributed by atoms with Crippen LogP contribution in [0.3, 0.4) is 0 Å². The molecular formula is C13H25O13P. The predicted molar refractivity (Wildman–Crippen MR) is 83.3 cm³/mol. The molecule has 0 aromatic heterocycles. The van der Waals surface area contributed by atoms with Gasteiger partial charge in [-0.1, -0.05) is 0 Å². The lowest BCUT2D eigenvalue weighted by Gasteiger charge is -2.47. The van der Waals surface area contributed by atoms with E-state index in [9.17, 15) is 50.3 Å². The second kappa shape index (κ2) is 8.63. The van der Waals surface area contributed by atoms with E-state index in [-0.39, 0.29) is 0 Å². The van der Waals surface area contributed by atoms with Crippen LogP contribution in [0.15, 0.2) is 0 Å². The average molecular weight is 420 g/mol. The van der Waals surface area contributed by atoms with Gasteiger partial charge in [0.25, 0.3) is 0 Å². The minimum atomic E-state index is -4.27. The summed E-state index contributed by atoms with van der Waals surface area (Å²) in [6, 6.07) is 0. The van der Waals surface area contributed by atoms with Crippen LogP contribution in [0.25, 0.3) is 0 Å². The molecule has 160 valence electrons. The summed E-state index contributed by atoms with van der Waals surface area (Å²) in [7, 11) is -4.27. The van der Waals surface area contributed by atoms with Gasteiger partial charge in [-0.2, -0.15) is 0 Å². The van der Waals surface area contributed by atoms with E-state index >= 15 is 0 Å². The molecule has 1 saturated heterocycles. The molecule has 0 bridgehead atoms. The van der Waals surface area contributed by atoms with E-state index in [1.165, 1.54) is 0 Å². The zero-order valence-electron chi connectivity index (χ0n) is 14.2. The van der Waals surface area contributed by atoms with Gasteiger partial charge in [-0.15, -0.1) is 0 Å². The Balaban J connectivity index is 2.27. The molecule has 14 heteroatoms. The fourth-order valence-electron chi connectivity index (χ4n) is 3.02. The van der Waals surface area contributed by atoms with Gasteiger partial charge in [0.1, 0.15) is 61.0 Å². The van der Waals surface area contributed by atoms with Gasteiger partial charge in [0.15, 0.2) is 6.29 Å². The molecule has 0 aromatic rings. The molecule has 12 atom stereocenters. The van der Waals surface area contributed by atoms with Gasteiger partial charge in [0.05, 0.1) is 6.61 Å². The molecule has 2 aliphatic rings. The smallest absolute Gasteiger partial charge is 0.325 e. The molecule has 0 radical (unpaired) electrons. The lowest BCUT2D eigenvalue weighted by atomic mass is 9.84. The van der Waals surface area contributed by atoms with Crippen molar-refractivity contribution in [1.82, 2.24) is 0 Å². The molecular weight excluding hydrogens is 395 g/mol. The standard InChI is InChI=1S/C13H25O13P/c1-27(22,23)26-12-9(20)7(18)6(17)8(19)11(12)25-13-10(21)5(16)4(15)3(2-14)24-13/h3-21H,2H2,1H3,(H,22,23)/t3-,4-,5?,6?,7?,8-,9?,10?,11?,12+,13-/m1/s1. The average Bonchev–Trinajstić information content (AvgIpc) is 2.60. The number of hydrogen-bond acceptors (Lipinski definition) is 12. The Morgan fingerprint density at radius 1 is 0.815 bits per heavy atom. The number of ether oxygens (including phenoxy) is 2. The minimum absolute atomic E-state index is 0.761. The van der Waals surface area contributed by atoms with Crippen molar-refractivity contribution in [1.29, 1.82) is 0 Å². The summed E-state index contributed by atoms with van der Waals surface area (Å²) in [6.07, 6.45) is -19.9. The number of rotatable bonds is 5. The highest BCUT2D eigenvalue weighted by atomic mass is 31.2. The summed E-state index contributed by atoms with van der Waals surface area (Å²) in [4.78, 5) is 9.41. The highest BCUT2D eigenvalue weighted by Gasteiger charge is 2.54. The molecule has 1 saturated carbocycles. The summed E-state index contributed by atoms with van der Waals surface area (Å²) < 4.78 is 26.7. The molecule has 9 N–H and O–H groups in total. The van der Waals surface area contributed by atoms with E-state index < -0.39 is 81.5 Å². The Morgan fingerprint density at radius 3 is 1.78 bits per heavy atom. The van der Waals surface area contributed by atoms with Crippen molar-refractivity contribution in [3.8, 4) is 0 Å². The van der Waals surface area contributed by atoms with Crippen molar-refractivity contribution in [3.63, 3.8) is 0 Å². The maximum Gasteiger partial charge on any atom is 0.325 e. The zero-order chi connectivity index (χ0) is 20.7. The number of aliphatic hydroxyl groups excluding tert-OH is 8. The molecule has 7 unspecified atom stereocenters. The van der Waals surface area contributed by atoms with E-state index in [1.54, 1.807) is 0 Å². The Labute approximate surface area is 153 Å². The fourth-order valence-corrected chi connectivity index (χ4v) is 3.72. The minimum Gasteiger partial charge on any atom is -0.394 e. The molecule has 2 fully saturated rings. The van der Waals surface area contributed by atoms with Crippen LogP contribution in [0.5, 0.6) is 0 Å². The van der Waals surface area contributed by atoms with Crippen molar-refractivity contribution >= 4 is 7.60 Å². The van der Waals surface area contributed by atoms with Gasteiger partial charge in [0, 0.05) is 6.66 Å². The molecule has 13 nitrogen and oxygen atoms in total. The quantitative estimate of drug-likeness (QED) is 0.190. The van der Waals surface area contributed by atoms with Crippen molar-refractivity contribution in [3.05, 3.63) is 0 Å². The zero-order valence-corrected chi connectivity index (χ0v) is 15.1. The van der Waals surface area contributed by atoms with Crippen LogP contribution in [0.1, 0.15) is 0 Å². The lowest BCUT2D eigenvalue weighted by Crippen LogP contribution is -2.67. The Kier molecular flexibility index (Phi) is 7.36. The number of aliphatic hydroxyl groups is 8. The third-order valence-corrected chi connectivity index (χ3v) is 5.14. The Morgan fingerprint density at radius 2 is 1.30 bits per heavy atom. The van der Waals surface area contributed by atoms with Crippen molar-refractivity contribution < 1.29 is 64.3 Å². The Bertz CT molecular complexity index is 540. The van der Waals surface area contributed by atoms with E-state index in [2.05, 4.69) is 0 Å². The molecule has 0 amide bonds. The summed E-state index contributed by atoms with van der Waals surface area (Å²) in [5, 5.41) is 78.5. The van der Waals surface area contributed by atoms with Gasteiger partial charge in [-0.3, -0.25) is 9.09 Å². The van der Waals surface area contributed by atoms with E-state index in [1.807, 2.05) is 0 Å². The highest BCUT2D eigenvalue weighted by molar-refractivity contribution is 7.51. The van der Waals surface area contributed by atoms with Crippen molar-refractivity contribution in [2.45, 2.75) is 67.3 Å². The SMILES string of the molecule is CP(=O)(O)O[C@H]1C(O)C(O)C(O)[C@@H](O)C1O[C@H]1O[C@H](CO)[C@@H](O)C(O)C1O. The molecule has 27 heavy (non-hydrogen) atoms. The van der Waals surface area contributed by atoms with Crippen LogP contribution < -0.4 is 0 Å². The molecule has 0 aromatic carbocycles. The predicted octanol–water partition coefficient (Wildman–Crippen LogP) is -5.17. The number of hydrogen-bond donors (Lipinski definition) is 9. The highest BCUT2D eigenvalue weighted by Crippen LogP contribution is 2.43. The van der Waals surface area contributed by atoms with Gasteiger partial charge in [0.2, 0.25) is 0 Å². The summed E-state index contributed by atoms with van der Waals surface area (Å²) in [6.45, 7) is 0.0111. The summed E-state index contributed by atoms with van der Waals surface area (Å²) >= 11 is 0. The van der Waals surface area contributed by atoms with Gasteiger partial charge in [-0.05, 0) is 0 Å². The third kappa shape index (κ3) is 4.85. The monoisotopic (exact) mass is 420 g/mol. The van der Waals surface area contributed by atoms with E-state index in [0.29, 0.717) is 0 Å². The topological polar surface area (TPSA) is 227 Å². The largest absolute Gasteiger partial charge is 0.394 e. The first-order chi connectivity index (χ1) is 12.4. The normalized spacial score (nSPS) is 51.0. The first-order valence-corrected chi connectivity index (χ1v) is 10.1. The first-order valence-electron chi connectivity index (χ1n) is 8.06. The second-order valence-corrected chi connectivity index (χ2v) is 8.45. The van der Waals surface area contributed by atoms with Gasteiger partial charge in [-0.25, -0.2) is 0 Å². The summed E-state index contributed by atoms with van der Waals surface area (Å²) in [5.41, 5.74) is 0. The molecule has 0 spiro atoms. The van der Waals surface area contributed by atoms with Crippen molar-refractivity contribution in [2.75, 3.05) is 13.3 Å². The van der Waals surface area contributed by atoms with Crippen LogP contribution in [0.2, 0.25) is 0 Å². The molecule has 2 rings (SSSR count). The van der Waals surface area contributed by atoms with Gasteiger partial charge < -0.3 is 55.2 Å². The van der Waals surface area contributed by atoms with Crippen LogP contribution in [0, 0.1) is 0 Å². The van der Waals surface area contributed by atoms with E-state index in [4.69, 9.17) is 14.0 Å². The molecule has 1 heterocycles. The van der Waals surface area contributed by atoms with Crippen LogP contribution >= 0.6 is 7.60 Å². The van der Waals surface area contributed by atoms with Crippen LogP contribution in [0.4, 0.5) is 0 Å². The lowest BCUT2D eigenvalue weighted by molar-refractivity contribution is -0.337. The Hall–Kier alpha value is -0.250. The molecule has 1 aliphatic carbocycles. The second-order valence-electron chi connectivity index (χ2n) is 6.63. The maximum absolute atomic E-state index is 11.6. The maximum atomic E-state index is 11.6.